The molecule has 0 aliphatic rings. The molecule has 7 heteroatoms. The number of hydrogen-bond acceptors (Lipinski definition) is 6. The van der Waals surface area contributed by atoms with E-state index in [1.165, 1.54) is 0 Å². The number of methoxy groups -OCH3 is 4. The highest BCUT2D eigenvalue weighted by Gasteiger charge is 2.19. The first kappa shape index (κ1) is 18.6. The molecule has 0 saturated carbocycles. The molecule has 0 aliphatic carbocycles. The highest BCUT2D eigenvalue weighted by atomic mass is 16.5. The van der Waals surface area contributed by atoms with Crippen LogP contribution in [0.3, 0.4) is 0 Å². The largest absolute Gasteiger partial charge is 0.497 e. The van der Waals surface area contributed by atoms with Crippen LogP contribution in [0.2, 0.25) is 0 Å². The Morgan fingerprint density at radius 3 is 2.03 bits per heavy atom. The molecular weight excluding hydrogens is 370 g/mol. The zero-order chi connectivity index (χ0) is 20.4. The van der Waals surface area contributed by atoms with Crippen molar-refractivity contribution >= 4 is 5.65 Å². The average molecular weight is 391 g/mol. The lowest BCUT2D eigenvalue weighted by Gasteiger charge is -2.17. The average Bonchev–Trinajstić information content (AvgIpc) is 3.26. The molecule has 0 fully saturated rings. The molecule has 0 amide bonds. The Balaban J connectivity index is 2.00. The maximum absolute atomic E-state index is 5.54. The van der Waals surface area contributed by atoms with Gasteiger partial charge in [-0.2, -0.15) is 5.10 Å². The highest BCUT2D eigenvalue weighted by molar-refractivity contribution is 5.84. The molecule has 0 aliphatic heterocycles. The predicted molar refractivity (Wildman–Crippen MR) is 110 cm³/mol. The van der Waals surface area contributed by atoms with E-state index in [1.807, 2.05) is 48.7 Å². The van der Waals surface area contributed by atoms with Crippen molar-refractivity contribution in [1.29, 1.82) is 0 Å². The van der Waals surface area contributed by atoms with Crippen LogP contribution in [0, 0.1) is 0 Å². The molecule has 2 aromatic carbocycles. The summed E-state index contributed by atoms with van der Waals surface area (Å²) in [7, 11) is 6.43. The van der Waals surface area contributed by atoms with Gasteiger partial charge in [-0.1, -0.05) is 12.1 Å². The van der Waals surface area contributed by atoms with Crippen LogP contribution in [-0.4, -0.2) is 43.0 Å². The molecule has 29 heavy (non-hydrogen) atoms. The van der Waals surface area contributed by atoms with Crippen molar-refractivity contribution in [1.82, 2.24) is 14.6 Å². The first-order valence-electron chi connectivity index (χ1n) is 8.97. The topological polar surface area (TPSA) is 67.1 Å². The number of ether oxygens (including phenoxy) is 4. The third-order valence-corrected chi connectivity index (χ3v) is 4.75. The summed E-state index contributed by atoms with van der Waals surface area (Å²) in [5.74, 6) is 2.46. The molecule has 4 aromatic rings. The second-order valence-electron chi connectivity index (χ2n) is 6.26. The van der Waals surface area contributed by atoms with Crippen molar-refractivity contribution in [2.45, 2.75) is 0 Å². The third-order valence-electron chi connectivity index (χ3n) is 4.75. The van der Waals surface area contributed by atoms with E-state index in [1.54, 1.807) is 39.2 Å². The summed E-state index contributed by atoms with van der Waals surface area (Å²) in [5, 5.41) is 4.49. The lowest BCUT2D eigenvalue weighted by molar-refractivity contribution is 0.324. The number of rotatable bonds is 6. The monoisotopic (exact) mass is 391 g/mol. The van der Waals surface area contributed by atoms with Crippen molar-refractivity contribution < 1.29 is 18.9 Å². The molecule has 0 atom stereocenters. The van der Waals surface area contributed by atoms with E-state index < -0.39 is 0 Å². The van der Waals surface area contributed by atoms with Gasteiger partial charge in [-0.25, -0.2) is 9.50 Å². The number of aromatic nitrogens is 3. The van der Waals surface area contributed by atoms with Gasteiger partial charge < -0.3 is 18.9 Å². The molecule has 0 saturated heterocycles. The van der Waals surface area contributed by atoms with E-state index >= 15 is 0 Å². The van der Waals surface area contributed by atoms with Gasteiger partial charge in [0.1, 0.15) is 5.75 Å². The summed E-state index contributed by atoms with van der Waals surface area (Å²) in [4.78, 5) is 4.55. The van der Waals surface area contributed by atoms with Gasteiger partial charge in [0.05, 0.1) is 40.3 Å². The minimum absolute atomic E-state index is 0.538. The quantitative estimate of drug-likeness (QED) is 0.493. The van der Waals surface area contributed by atoms with E-state index in [4.69, 9.17) is 18.9 Å². The maximum Gasteiger partial charge on any atom is 0.203 e. The third kappa shape index (κ3) is 3.20. The summed E-state index contributed by atoms with van der Waals surface area (Å²) < 4.78 is 23.6. The van der Waals surface area contributed by atoms with Gasteiger partial charge in [0, 0.05) is 23.4 Å². The number of benzene rings is 2. The van der Waals surface area contributed by atoms with Crippen LogP contribution in [0.4, 0.5) is 0 Å². The summed E-state index contributed by atoms with van der Waals surface area (Å²) >= 11 is 0. The van der Waals surface area contributed by atoms with Gasteiger partial charge in [-0.05, 0) is 29.8 Å². The fourth-order valence-electron chi connectivity index (χ4n) is 3.35. The van der Waals surface area contributed by atoms with E-state index in [0.29, 0.717) is 17.2 Å². The summed E-state index contributed by atoms with van der Waals surface area (Å²) in [6.07, 6.45) is 3.57. The van der Waals surface area contributed by atoms with E-state index in [-0.39, 0.29) is 0 Å². The first-order chi connectivity index (χ1) is 14.2. The Hall–Kier alpha value is -3.74. The van der Waals surface area contributed by atoms with Crippen LogP contribution >= 0.6 is 0 Å². The standard InChI is InChI=1S/C22H21N3O4/c1-26-16-7-5-14(6-8-16)17-13-23-20-9-10-24-25(20)21(17)15-11-18(27-2)22(29-4)19(12-15)28-3/h5-13H,1-4H3. The zero-order valence-corrected chi connectivity index (χ0v) is 16.7. The Labute approximate surface area is 168 Å². The lowest BCUT2D eigenvalue weighted by Crippen LogP contribution is -2.01. The van der Waals surface area contributed by atoms with Gasteiger partial charge in [0.2, 0.25) is 5.75 Å². The van der Waals surface area contributed by atoms with E-state index in [9.17, 15) is 0 Å². The molecule has 0 unspecified atom stereocenters. The summed E-state index contributed by atoms with van der Waals surface area (Å²) in [6.45, 7) is 0. The van der Waals surface area contributed by atoms with Crippen LogP contribution in [0.15, 0.2) is 54.9 Å². The van der Waals surface area contributed by atoms with Crippen LogP contribution in [-0.2, 0) is 0 Å². The van der Waals surface area contributed by atoms with E-state index in [0.717, 1.165) is 33.8 Å². The fraction of sp³-hybridized carbons (Fsp3) is 0.182. The van der Waals surface area contributed by atoms with Crippen LogP contribution < -0.4 is 18.9 Å². The Kier molecular flexibility index (Phi) is 4.95. The highest BCUT2D eigenvalue weighted by Crippen LogP contribution is 2.43. The number of fused-ring (bicyclic) bond motifs is 1. The van der Waals surface area contributed by atoms with Gasteiger partial charge in [0.25, 0.3) is 0 Å². The van der Waals surface area contributed by atoms with Gasteiger partial charge >= 0.3 is 0 Å². The fourth-order valence-corrected chi connectivity index (χ4v) is 3.35. The van der Waals surface area contributed by atoms with Gasteiger partial charge in [-0.3, -0.25) is 0 Å². The predicted octanol–water partition coefficient (Wildman–Crippen LogP) is 4.10. The molecule has 7 nitrogen and oxygen atoms in total. The summed E-state index contributed by atoms with van der Waals surface area (Å²) in [6, 6.07) is 13.5. The molecule has 0 spiro atoms. The minimum atomic E-state index is 0.538. The number of hydrogen-bond donors (Lipinski definition) is 0. The molecule has 4 rings (SSSR count). The molecule has 2 aromatic heterocycles. The summed E-state index contributed by atoms with van der Waals surface area (Å²) in [5.41, 5.74) is 4.37. The van der Waals surface area contributed by atoms with Crippen molar-refractivity contribution in [3.8, 4) is 45.4 Å². The minimum Gasteiger partial charge on any atom is -0.497 e. The second-order valence-corrected chi connectivity index (χ2v) is 6.26. The zero-order valence-electron chi connectivity index (χ0n) is 16.7. The first-order valence-corrected chi connectivity index (χ1v) is 8.97. The number of nitrogens with zero attached hydrogens (tertiary/aromatic N) is 3. The van der Waals surface area contributed by atoms with Crippen molar-refractivity contribution in [2.75, 3.05) is 28.4 Å². The molecule has 148 valence electrons. The Morgan fingerprint density at radius 2 is 1.45 bits per heavy atom. The van der Waals surface area contributed by atoms with Crippen LogP contribution in [0.5, 0.6) is 23.0 Å². The Morgan fingerprint density at radius 1 is 0.759 bits per heavy atom. The van der Waals surface area contributed by atoms with Gasteiger partial charge in [-0.15, -0.1) is 0 Å². The Bertz CT molecular complexity index is 1130. The molecule has 0 bridgehead atoms. The molecule has 2 heterocycles. The second kappa shape index (κ2) is 7.71. The maximum atomic E-state index is 5.54. The normalized spacial score (nSPS) is 10.8. The van der Waals surface area contributed by atoms with Crippen LogP contribution in [0.1, 0.15) is 0 Å². The van der Waals surface area contributed by atoms with E-state index in [2.05, 4.69) is 10.1 Å². The molecular formula is C22H21N3O4. The lowest BCUT2D eigenvalue weighted by atomic mass is 10.00. The molecule has 0 radical (unpaired) electrons. The van der Waals surface area contributed by atoms with Gasteiger partial charge in [0.15, 0.2) is 17.1 Å². The molecule has 0 N–H and O–H groups in total. The smallest absolute Gasteiger partial charge is 0.203 e. The van der Waals surface area contributed by atoms with Crippen molar-refractivity contribution in [3.63, 3.8) is 0 Å². The van der Waals surface area contributed by atoms with Crippen molar-refractivity contribution in [3.05, 3.63) is 54.9 Å². The van der Waals surface area contributed by atoms with Crippen LogP contribution in [0.25, 0.3) is 28.0 Å². The van der Waals surface area contributed by atoms with Crippen molar-refractivity contribution in [2.24, 2.45) is 0 Å². The SMILES string of the molecule is COc1ccc(-c2cnc3ccnn3c2-c2cc(OC)c(OC)c(OC)c2)cc1.